The summed E-state index contributed by atoms with van der Waals surface area (Å²) in [6.07, 6.45) is 4.58. The Morgan fingerprint density at radius 3 is 3.15 bits per heavy atom. The molecule has 1 aliphatic heterocycles. The van der Waals surface area contributed by atoms with E-state index >= 15 is 0 Å². The molecule has 0 aromatic carbocycles. The normalized spacial score (nSPS) is 32.9. The Labute approximate surface area is 84.0 Å². The van der Waals surface area contributed by atoms with Crippen LogP contribution in [0.2, 0.25) is 0 Å². The lowest BCUT2D eigenvalue weighted by Crippen LogP contribution is -2.45. The zero-order chi connectivity index (χ0) is 9.42. The summed E-state index contributed by atoms with van der Waals surface area (Å²) >= 11 is 3.24. The molecule has 1 N–H and O–H groups in total. The second-order valence-electron chi connectivity index (χ2n) is 3.33. The number of carbonyl (C=O) groups is 1. The van der Waals surface area contributed by atoms with Crippen molar-refractivity contribution in [1.29, 1.82) is 0 Å². The minimum absolute atomic E-state index is 0.0591. The van der Waals surface area contributed by atoms with Gasteiger partial charge in [-0.2, -0.15) is 0 Å². The molecule has 1 saturated heterocycles. The lowest BCUT2D eigenvalue weighted by atomic mass is 9.87. The molecule has 0 aromatic heterocycles. The minimum atomic E-state index is -0.428. The Kier molecular flexibility index (Phi) is 2.24. The third-order valence-electron chi connectivity index (χ3n) is 2.40. The molecule has 0 bridgehead atoms. The first-order valence-corrected chi connectivity index (χ1v) is 5.00. The molecule has 4 heteroatoms. The number of allylic oxidation sites excluding steroid dienone is 2. The first-order chi connectivity index (χ1) is 6.16. The van der Waals surface area contributed by atoms with Gasteiger partial charge in [-0.05, 0) is 12.5 Å². The van der Waals surface area contributed by atoms with Crippen LogP contribution in [0.5, 0.6) is 0 Å². The van der Waals surface area contributed by atoms with Crippen LogP contribution in [0, 0.1) is 5.92 Å². The highest BCUT2D eigenvalue weighted by Gasteiger charge is 2.32. The van der Waals surface area contributed by atoms with Crippen molar-refractivity contribution in [2.24, 2.45) is 5.92 Å². The predicted molar refractivity (Wildman–Crippen MR) is 50.9 cm³/mol. The molecule has 1 aliphatic carbocycles. The van der Waals surface area contributed by atoms with Crippen molar-refractivity contribution in [1.82, 2.24) is 5.32 Å². The van der Waals surface area contributed by atoms with E-state index < -0.39 is 6.04 Å². The molecule has 0 radical (unpaired) electrons. The highest BCUT2D eigenvalue weighted by molar-refractivity contribution is 9.11. The number of halogens is 2. The third-order valence-corrected chi connectivity index (χ3v) is 2.89. The van der Waals surface area contributed by atoms with Gasteiger partial charge in [-0.25, -0.2) is 4.39 Å². The highest BCUT2D eigenvalue weighted by Crippen LogP contribution is 2.32. The Hall–Kier alpha value is -0.640. The molecule has 0 spiro atoms. The van der Waals surface area contributed by atoms with Gasteiger partial charge in [0.2, 0.25) is 5.91 Å². The summed E-state index contributed by atoms with van der Waals surface area (Å²) in [6, 6.07) is -0.428. The van der Waals surface area contributed by atoms with Crippen LogP contribution in [0.25, 0.3) is 0 Å². The predicted octanol–water partition coefficient (Wildman–Crippen LogP) is 2.03. The van der Waals surface area contributed by atoms with Crippen molar-refractivity contribution in [3.63, 3.8) is 0 Å². The van der Waals surface area contributed by atoms with Crippen LogP contribution < -0.4 is 5.32 Å². The lowest BCUT2D eigenvalue weighted by Gasteiger charge is -2.31. The molecule has 13 heavy (non-hydrogen) atoms. The lowest BCUT2D eigenvalue weighted by molar-refractivity contribution is -0.123. The molecule has 1 fully saturated rings. The number of amides is 1. The van der Waals surface area contributed by atoms with Crippen LogP contribution in [0.3, 0.4) is 0 Å². The van der Waals surface area contributed by atoms with Crippen LogP contribution in [0.15, 0.2) is 22.5 Å². The Bertz CT molecular complexity index is 311. The number of hydrogen-bond acceptors (Lipinski definition) is 1. The van der Waals surface area contributed by atoms with Gasteiger partial charge >= 0.3 is 0 Å². The number of fused-ring (bicyclic) bond motifs is 1. The molecule has 2 nitrogen and oxygen atoms in total. The van der Waals surface area contributed by atoms with Gasteiger partial charge < -0.3 is 5.32 Å². The van der Waals surface area contributed by atoms with E-state index in [2.05, 4.69) is 21.2 Å². The zero-order valence-corrected chi connectivity index (χ0v) is 8.47. The van der Waals surface area contributed by atoms with Gasteiger partial charge in [-0.15, -0.1) is 0 Å². The Balaban J connectivity index is 2.24. The van der Waals surface area contributed by atoms with Crippen LogP contribution in [-0.2, 0) is 4.79 Å². The van der Waals surface area contributed by atoms with Crippen molar-refractivity contribution in [2.75, 3.05) is 0 Å². The van der Waals surface area contributed by atoms with E-state index in [1.54, 1.807) is 0 Å². The van der Waals surface area contributed by atoms with Crippen molar-refractivity contribution in [2.45, 2.75) is 18.9 Å². The van der Waals surface area contributed by atoms with Gasteiger partial charge in [0.05, 0.1) is 6.04 Å². The fraction of sp³-hybridized carbons (Fsp3) is 0.444. The first kappa shape index (κ1) is 8.94. The standard InChI is InChI=1S/C9H9BrFNO/c10-6-3-5-1-2-8(13)12-9(5)7(11)4-6/h3-5,9H,1-2H2,(H,12,13). The fourth-order valence-electron chi connectivity index (χ4n) is 1.74. The van der Waals surface area contributed by atoms with Crippen LogP contribution >= 0.6 is 15.9 Å². The second-order valence-corrected chi connectivity index (χ2v) is 4.24. The number of carbonyl (C=O) groups excluding carboxylic acids is 1. The zero-order valence-electron chi connectivity index (χ0n) is 6.89. The quantitative estimate of drug-likeness (QED) is 0.696. The van der Waals surface area contributed by atoms with E-state index in [1.165, 1.54) is 6.08 Å². The third kappa shape index (κ3) is 1.68. The van der Waals surface area contributed by atoms with Gasteiger partial charge in [-0.1, -0.05) is 22.0 Å². The van der Waals surface area contributed by atoms with Gasteiger partial charge in [0.25, 0.3) is 0 Å². The maximum atomic E-state index is 13.3. The summed E-state index contributed by atoms with van der Waals surface area (Å²) in [5.41, 5.74) is 0. The highest BCUT2D eigenvalue weighted by atomic mass is 79.9. The molecule has 2 aliphatic rings. The first-order valence-electron chi connectivity index (χ1n) is 4.20. The van der Waals surface area contributed by atoms with Gasteiger partial charge in [0, 0.05) is 16.8 Å². The van der Waals surface area contributed by atoms with Crippen LogP contribution in [-0.4, -0.2) is 11.9 Å². The van der Waals surface area contributed by atoms with Gasteiger partial charge in [-0.3, -0.25) is 4.79 Å². The molecular formula is C9H9BrFNO. The summed E-state index contributed by atoms with van der Waals surface area (Å²) in [6.45, 7) is 0. The van der Waals surface area contributed by atoms with Crippen molar-refractivity contribution >= 4 is 21.8 Å². The molecule has 0 aromatic rings. The van der Waals surface area contributed by atoms with Crippen molar-refractivity contribution < 1.29 is 9.18 Å². The van der Waals surface area contributed by atoms with E-state index in [0.717, 1.165) is 10.9 Å². The van der Waals surface area contributed by atoms with Crippen molar-refractivity contribution in [3.8, 4) is 0 Å². The van der Waals surface area contributed by atoms with Crippen LogP contribution in [0.1, 0.15) is 12.8 Å². The number of piperidine rings is 1. The number of nitrogens with one attached hydrogen (secondary N) is 1. The summed E-state index contributed by atoms with van der Waals surface area (Å²) < 4.78 is 14.1. The molecule has 2 unspecified atom stereocenters. The topological polar surface area (TPSA) is 29.1 Å². The Morgan fingerprint density at radius 1 is 1.62 bits per heavy atom. The Morgan fingerprint density at radius 2 is 2.38 bits per heavy atom. The molecular weight excluding hydrogens is 237 g/mol. The van der Waals surface area contributed by atoms with E-state index in [-0.39, 0.29) is 17.7 Å². The molecule has 1 heterocycles. The molecule has 70 valence electrons. The smallest absolute Gasteiger partial charge is 0.220 e. The van der Waals surface area contributed by atoms with Gasteiger partial charge in [0.1, 0.15) is 5.83 Å². The van der Waals surface area contributed by atoms with E-state index in [1.807, 2.05) is 6.08 Å². The molecule has 0 saturated carbocycles. The largest absolute Gasteiger partial charge is 0.346 e. The fourth-order valence-corrected chi connectivity index (χ4v) is 2.30. The molecule has 1 amide bonds. The summed E-state index contributed by atoms with van der Waals surface area (Å²) in [4.78, 5) is 11.0. The maximum absolute atomic E-state index is 13.3. The summed E-state index contributed by atoms with van der Waals surface area (Å²) in [5.74, 6) is -0.208. The number of hydrogen-bond donors (Lipinski definition) is 1. The maximum Gasteiger partial charge on any atom is 0.220 e. The monoisotopic (exact) mass is 245 g/mol. The molecule has 2 rings (SSSR count). The number of rotatable bonds is 0. The summed E-state index contributed by atoms with van der Waals surface area (Å²) in [5, 5.41) is 2.64. The van der Waals surface area contributed by atoms with E-state index in [0.29, 0.717) is 6.42 Å². The molecule has 2 atom stereocenters. The van der Waals surface area contributed by atoms with E-state index in [4.69, 9.17) is 0 Å². The van der Waals surface area contributed by atoms with Crippen molar-refractivity contribution in [3.05, 3.63) is 22.5 Å². The van der Waals surface area contributed by atoms with E-state index in [9.17, 15) is 9.18 Å². The van der Waals surface area contributed by atoms with Crippen LogP contribution in [0.4, 0.5) is 4.39 Å². The SMILES string of the molecule is O=C1CCC2C=C(Br)C=C(F)C2N1. The second kappa shape index (κ2) is 3.25. The van der Waals surface area contributed by atoms with Gasteiger partial charge in [0.15, 0.2) is 0 Å². The average molecular weight is 246 g/mol. The average Bonchev–Trinajstić information content (AvgIpc) is 2.06. The minimum Gasteiger partial charge on any atom is -0.346 e. The summed E-state index contributed by atoms with van der Waals surface area (Å²) in [7, 11) is 0.